The number of hydrogen-bond acceptors (Lipinski definition) is 3. The Morgan fingerprint density at radius 2 is 1.50 bits per heavy atom. The van der Waals surface area contributed by atoms with E-state index in [4.69, 9.17) is 4.18 Å². The Balaban J connectivity index is 0.00000225. The maximum Gasteiger partial charge on any atom is 0.297 e. The third-order valence-electron chi connectivity index (χ3n) is 1.67. The van der Waals surface area contributed by atoms with Gasteiger partial charge in [-0.2, -0.15) is 8.42 Å². The molecule has 0 aliphatic rings. The smallest absolute Gasteiger partial charge is 0.297 e. The molecule has 1 aromatic carbocycles. The Morgan fingerprint density at radius 3 is 1.88 bits per heavy atom. The highest BCUT2D eigenvalue weighted by molar-refractivity contribution is 7.86. The van der Waals surface area contributed by atoms with Crippen LogP contribution in [0.15, 0.2) is 29.2 Å². The summed E-state index contributed by atoms with van der Waals surface area (Å²) in [6.07, 6.45) is 0. The van der Waals surface area contributed by atoms with Gasteiger partial charge in [-0.05, 0) is 39.8 Å². The number of aryl methyl sites for hydroxylation is 1. The van der Waals surface area contributed by atoms with Gasteiger partial charge in [-0.1, -0.05) is 17.7 Å². The summed E-state index contributed by atoms with van der Waals surface area (Å²) in [6.45, 7) is 7.03. The van der Waals surface area contributed by atoms with E-state index in [2.05, 4.69) is 0 Å². The average molecular weight is 246 g/mol. The first kappa shape index (κ1) is 15.1. The van der Waals surface area contributed by atoms with Crippen molar-refractivity contribution in [2.45, 2.75) is 38.2 Å². The van der Waals surface area contributed by atoms with E-state index in [0.29, 0.717) is 0 Å². The zero-order chi connectivity index (χ0) is 11.7. The lowest BCUT2D eigenvalue weighted by atomic mass is 10.2. The van der Waals surface area contributed by atoms with Crippen LogP contribution >= 0.6 is 0 Å². The zero-order valence-electron chi connectivity index (χ0n) is 9.94. The average Bonchev–Trinajstić information content (AvgIpc) is 2.00. The fourth-order valence-corrected chi connectivity index (χ4v) is 2.31. The van der Waals surface area contributed by atoms with Gasteiger partial charge in [0, 0.05) is 0 Å². The van der Waals surface area contributed by atoms with Crippen LogP contribution < -0.4 is 0 Å². The van der Waals surface area contributed by atoms with Crippen LogP contribution in [0.5, 0.6) is 0 Å². The van der Waals surface area contributed by atoms with Crippen LogP contribution in [0.25, 0.3) is 0 Å². The Hall–Kier alpha value is -0.910. The lowest BCUT2D eigenvalue weighted by Crippen LogP contribution is -2.24. The molecule has 92 valence electrons. The molecule has 1 aromatic rings. The first-order chi connectivity index (χ1) is 6.71. The summed E-state index contributed by atoms with van der Waals surface area (Å²) in [5.74, 6) is 0. The van der Waals surface area contributed by atoms with Crippen molar-refractivity contribution in [2.75, 3.05) is 0 Å². The van der Waals surface area contributed by atoms with Crippen LogP contribution in [-0.4, -0.2) is 19.5 Å². The molecular formula is C11H18O4S. The molecule has 0 aliphatic carbocycles. The molecule has 0 saturated carbocycles. The van der Waals surface area contributed by atoms with Gasteiger partial charge in [0.15, 0.2) is 0 Å². The number of benzene rings is 1. The molecule has 0 spiro atoms. The largest absolute Gasteiger partial charge is 0.412 e. The van der Waals surface area contributed by atoms with E-state index in [1.807, 2.05) is 6.92 Å². The molecule has 0 fully saturated rings. The maximum atomic E-state index is 11.7. The van der Waals surface area contributed by atoms with Gasteiger partial charge in [-0.25, -0.2) is 0 Å². The summed E-state index contributed by atoms with van der Waals surface area (Å²) in [6, 6.07) is 6.60. The van der Waals surface area contributed by atoms with Gasteiger partial charge in [0.25, 0.3) is 10.1 Å². The predicted molar refractivity (Wildman–Crippen MR) is 62.8 cm³/mol. The topological polar surface area (TPSA) is 74.9 Å². The number of rotatable bonds is 2. The van der Waals surface area contributed by atoms with Crippen molar-refractivity contribution in [1.29, 1.82) is 0 Å². The molecule has 0 bridgehead atoms. The molecule has 0 aromatic heterocycles. The van der Waals surface area contributed by atoms with Gasteiger partial charge in [0.05, 0.1) is 10.5 Å². The van der Waals surface area contributed by atoms with Crippen molar-refractivity contribution >= 4 is 10.1 Å². The lowest BCUT2D eigenvalue weighted by molar-refractivity contribution is 0.139. The van der Waals surface area contributed by atoms with Crippen molar-refractivity contribution in [2.24, 2.45) is 0 Å². The van der Waals surface area contributed by atoms with E-state index < -0.39 is 15.7 Å². The molecule has 0 aliphatic heterocycles. The van der Waals surface area contributed by atoms with Gasteiger partial charge in [-0.3, -0.25) is 4.18 Å². The standard InChI is InChI=1S/C11H16O3S.H2O/c1-9-5-7-10(8-6-9)15(12,13)14-11(2,3)4;/h5-8H,1-4H3;1H2. The highest BCUT2D eigenvalue weighted by Gasteiger charge is 2.23. The van der Waals surface area contributed by atoms with E-state index in [1.54, 1.807) is 45.0 Å². The third kappa shape index (κ3) is 4.30. The van der Waals surface area contributed by atoms with E-state index in [1.165, 1.54) is 0 Å². The third-order valence-corrected chi connectivity index (χ3v) is 3.24. The summed E-state index contributed by atoms with van der Waals surface area (Å²) >= 11 is 0. The maximum absolute atomic E-state index is 11.7. The molecule has 2 N–H and O–H groups in total. The van der Waals surface area contributed by atoms with Gasteiger partial charge < -0.3 is 5.48 Å². The summed E-state index contributed by atoms with van der Waals surface area (Å²) in [4.78, 5) is 0.197. The SMILES string of the molecule is Cc1ccc(S(=O)(=O)OC(C)(C)C)cc1.O. The summed E-state index contributed by atoms with van der Waals surface area (Å²) in [5, 5.41) is 0. The highest BCUT2D eigenvalue weighted by atomic mass is 32.2. The van der Waals surface area contributed by atoms with Crippen molar-refractivity contribution in [3.05, 3.63) is 29.8 Å². The molecular weight excluding hydrogens is 228 g/mol. The van der Waals surface area contributed by atoms with E-state index in [9.17, 15) is 8.42 Å². The van der Waals surface area contributed by atoms with Crippen LogP contribution in [0.3, 0.4) is 0 Å². The molecule has 0 amide bonds. The minimum atomic E-state index is -3.63. The molecule has 0 radical (unpaired) electrons. The second-order valence-electron chi connectivity index (χ2n) is 4.46. The van der Waals surface area contributed by atoms with E-state index in [-0.39, 0.29) is 10.4 Å². The van der Waals surface area contributed by atoms with Gasteiger partial charge in [0.1, 0.15) is 0 Å². The first-order valence-corrected chi connectivity index (χ1v) is 6.14. The summed E-state index contributed by atoms with van der Waals surface area (Å²) in [5.41, 5.74) is 0.314. The van der Waals surface area contributed by atoms with Gasteiger partial charge >= 0.3 is 0 Å². The molecule has 0 atom stereocenters. The molecule has 16 heavy (non-hydrogen) atoms. The molecule has 4 nitrogen and oxygen atoms in total. The Kier molecular flexibility index (Phi) is 4.67. The minimum absolute atomic E-state index is 0. The quantitative estimate of drug-likeness (QED) is 0.745. The van der Waals surface area contributed by atoms with Crippen LogP contribution in [0.1, 0.15) is 26.3 Å². The second kappa shape index (κ2) is 4.95. The van der Waals surface area contributed by atoms with Crippen molar-refractivity contribution in [3.63, 3.8) is 0 Å². The minimum Gasteiger partial charge on any atom is -0.412 e. The fourth-order valence-electron chi connectivity index (χ4n) is 1.08. The number of hydrogen-bond donors (Lipinski definition) is 0. The van der Waals surface area contributed by atoms with Crippen LogP contribution in [0, 0.1) is 6.92 Å². The molecule has 0 unspecified atom stereocenters. The lowest BCUT2D eigenvalue weighted by Gasteiger charge is -2.18. The van der Waals surface area contributed by atoms with Crippen LogP contribution in [0.2, 0.25) is 0 Å². The van der Waals surface area contributed by atoms with Crippen molar-refractivity contribution in [1.82, 2.24) is 0 Å². The van der Waals surface area contributed by atoms with Crippen LogP contribution in [0.4, 0.5) is 0 Å². The predicted octanol–water partition coefficient (Wildman–Crippen LogP) is 1.67. The zero-order valence-corrected chi connectivity index (χ0v) is 10.8. The van der Waals surface area contributed by atoms with Gasteiger partial charge in [0.2, 0.25) is 0 Å². The Morgan fingerprint density at radius 1 is 1.06 bits per heavy atom. The Bertz CT molecular complexity index is 426. The Labute approximate surface area is 96.7 Å². The van der Waals surface area contributed by atoms with E-state index >= 15 is 0 Å². The molecule has 1 rings (SSSR count). The summed E-state index contributed by atoms with van der Waals surface area (Å²) in [7, 11) is -3.63. The van der Waals surface area contributed by atoms with Crippen molar-refractivity contribution < 1.29 is 18.1 Å². The van der Waals surface area contributed by atoms with Crippen molar-refractivity contribution in [3.8, 4) is 0 Å². The second-order valence-corrected chi connectivity index (χ2v) is 6.01. The monoisotopic (exact) mass is 246 g/mol. The fraction of sp³-hybridized carbons (Fsp3) is 0.455. The summed E-state index contributed by atoms with van der Waals surface area (Å²) < 4.78 is 28.5. The molecule has 0 saturated heterocycles. The first-order valence-electron chi connectivity index (χ1n) is 4.73. The van der Waals surface area contributed by atoms with Gasteiger partial charge in [-0.15, -0.1) is 0 Å². The van der Waals surface area contributed by atoms with E-state index in [0.717, 1.165) is 5.56 Å². The normalized spacial score (nSPS) is 12.0. The highest BCUT2D eigenvalue weighted by Crippen LogP contribution is 2.19. The molecule has 5 heteroatoms. The molecule has 0 heterocycles. The van der Waals surface area contributed by atoms with Crippen LogP contribution in [-0.2, 0) is 14.3 Å².